The van der Waals surface area contributed by atoms with Crippen molar-refractivity contribution in [2.75, 3.05) is 42.3 Å². The largest absolute Gasteiger partial charge is 0.453 e. The number of para-hydroxylation sites is 1. The molecule has 10 heteroatoms. The summed E-state index contributed by atoms with van der Waals surface area (Å²) in [5.74, 6) is 1.29. The molecule has 0 unspecified atom stereocenters. The Balaban J connectivity index is 1.21. The average Bonchev–Trinajstić information content (AvgIpc) is 3.41. The summed E-state index contributed by atoms with van der Waals surface area (Å²) in [6.45, 7) is 2.98. The van der Waals surface area contributed by atoms with E-state index in [0.29, 0.717) is 40.7 Å². The Morgan fingerprint density at radius 3 is 2.76 bits per heavy atom. The molecule has 1 saturated heterocycles. The summed E-state index contributed by atoms with van der Waals surface area (Å²) in [4.78, 5) is 14.7. The van der Waals surface area contributed by atoms with Crippen molar-refractivity contribution in [3.63, 3.8) is 0 Å². The highest BCUT2D eigenvalue weighted by Crippen LogP contribution is 2.30. The van der Waals surface area contributed by atoms with Crippen LogP contribution < -0.4 is 10.2 Å². The first kappa shape index (κ1) is 21.8. The van der Waals surface area contributed by atoms with Gasteiger partial charge in [0.05, 0.1) is 29.7 Å². The third kappa shape index (κ3) is 4.71. The zero-order valence-corrected chi connectivity index (χ0v) is 19.5. The van der Waals surface area contributed by atoms with E-state index in [2.05, 4.69) is 20.4 Å². The average molecular weight is 484 g/mol. The van der Waals surface area contributed by atoms with Gasteiger partial charge in [0.2, 0.25) is 5.91 Å². The van der Waals surface area contributed by atoms with Crippen LogP contribution in [0.4, 0.5) is 11.4 Å². The minimum absolute atomic E-state index is 0.150. The molecule has 4 aromatic rings. The van der Waals surface area contributed by atoms with Gasteiger partial charge in [-0.2, -0.15) is 0 Å². The van der Waals surface area contributed by atoms with Crippen molar-refractivity contribution < 1.29 is 13.9 Å². The second-order valence-electron chi connectivity index (χ2n) is 7.62. The number of hydrogen-bond donors (Lipinski definition) is 1. The van der Waals surface area contributed by atoms with Gasteiger partial charge in [0.1, 0.15) is 5.58 Å². The van der Waals surface area contributed by atoms with Crippen molar-refractivity contribution in [1.29, 1.82) is 0 Å². The number of amides is 1. The minimum Gasteiger partial charge on any atom is -0.453 e. The van der Waals surface area contributed by atoms with Crippen LogP contribution in [0.3, 0.4) is 0 Å². The van der Waals surface area contributed by atoms with Gasteiger partial charge in [0, 0.05) is 31.2 Å². The molecule has 2 aromatic heterocycles. The van der Waals surface area contributed by atoms with E-state index >= 15 is 0 Å². The predicted octanol–water partition coefficient (Wildman–Crippen LogP) is 4.45. The van der Waals surface area contributed by atoms with Crippen molar-refractivity contribution in [3.05, 3.63) is 53.6 Å². The minimum atomic E-state index is -0.150. The highest BCUT2D eigenvalue weighted by atomic mass is 35.5. The Morgan fingerprint density at radius 2 is 1.97 bits per heavy atom. The number of nitrogens with zero attached hydrogens (tertiary/aromatic N) is 4. The number of halogens is 1. The Kier molecular flexibility index (Phi) is 6.26. The van der Waals surface area contributed by atoms with Crippen molar-refractivity contribution >= 4 is 51.6 Å². The van der Waals surface area contributed by atoms with E-state index < -0.39 is 0 Å². The summed E-state index contributed by atoms with van der Waals surface area (Å²) in [6, 6.07) is 15.3. The molecule has 1 amide bonds. The maximum absolute atomic E-state index is 12.5. The molecule has 5 rings (SSSR count). The molecule has 0 saturated carbocycles. The monoisotopic (exact) mass is 483 g/mol. The fraction of sp³-hybridized carbons (Fsp3) is 0.261. The van der Waals surface area contributed by atoms with E-state index in [1.807, 2.05) is 54.1 Å². The van der Waals surface area contributed by atoms with E-state index in [1.54, 1.807) is 6.07 Å². The van der Waals surface area contributed by atoms with Gasteiger partial charge in [-0.3, -0.25) is 4.79 Å². The Morgan fingerprint density at radius 1 is 1.15 bits per heavy atom. The van der Waals surface area contributed by atoms with Gasteiger partial charge in [-0.1, -0.05) is 41.6 Å². The number of thioether (sulfide) groups is 1. The van der Waals surface area contributed by atoms with Crippen molar-refractivity contribution in [2.45, 2.75) is 5.16 Å². The number of anilines is 2. The quantitative estimate of drug-likeness (QED) is 0.405. The first-order valence-electron chi connectivity index (χ1n) is 10.5. The maximum Gasteiger partial charge on any atom is 0.234 e. The third-order valence-electron chi connectivity index (χ3n) is 5.40. The number of nitrogens with one attached hydrogen (secondary N) is 1. The first-order chi connectivity index (χ1) is 16.1. The second kappa shape index (κ2) is 9.46. The normalized spacial score (nSPS) is 14.1. The zero-order chi connectivity index (χ0) is 22.8. The summed E-state index contributed by atoms with van der Waals surface area (Å²) in [6.07, 6.45) is 0. The number of morpholine rings is 1. The fourth-order valence-electron chi connectivity index (χ4n) is 3.72. The molecule has 8 nitrogen and oxygen atoms in total. The van der Waals surface area contributed by atoms with Gasteiger partial charge < -0.3 is 23.9 Å². The summed E-state index contributed by atoms with van der Waals surface area (Å²) in [5.41, 5.74) is 2.40. The molecule has 0 radical (unpaired) electrons. The van der Waals surface area contributed by atoms with Gasteiger partial charge in [0.15, 0.2) is 16.7 Å². The maximum atomic E-state index is 12.5. The van der Waals surface area contributed by atoms with E-state index in [-0.39, 0.29) is 11.7 Å². The summed E-state index contributed by atoms with van der Waals surface area (Å²) >= 11 is 7.77. The van der Waals surface area contributed by atoms with Crippen LogP contribution in [-0.4, -0.2) is 52.7 Å². The molecule has 0 bridgehead atoms. The molecule has 33 heavy (non-hydrogen) atoms. The van der Waals surface area contributed by atoms with E-state index in [4.69, 9.17) is 20.8 Å². The fourth-order valence-corrected chi connectivity index (χ4v) is 4.73. The number of rotatable bonds is 6. The molecule has 1 aliphatic heterocycles. The van der Waals surface area contributed by atoms with Crippen molar-refractivity contribution in [3.8, 4) is 11.6 Å². The molecule has 2 aromatic carbocycles. The van der Waals surface area contributed by atoms with Crippen molar-refractivity contribution in [1.82, 2.24) is 14.8 Å². The summed E-state index contributed by atoms with van der Waals surface area (Å²) in [5, 5.41) is 13.6. The molecule has 0 spiro atoms. The molecule has 0 atom stereocenters. The molecule has 0 aliphatic carbocycles. The Labute approximate surface area is 199 Å². The van der Waals surface area contributed by atoms with Crippen LogP contribution in [0.1, 0.15) is 0 Å². The van der Waals surface area contributed by atoms with Crippen LogP contribution >= 0.6 is 23.4 Å². The SMILES string of the molecule is Cn1c(SCC(=O)Nc2ccc(N3CCOCC3)c(Cl)c2)nnc1-c1cc2ccccc2o1. The first-order valence-corrected chi connectivity index (χ1v) is 11.9. The number of ether oxygens (including phenoxy) is 1. The highest BCUT2D eigenvalue weighted by Gasteiger charge is 2.17. The highest BCUT2D eigenvalue weighted by molar-refractivity contribution is 7.99. The Hall–Kier alpha value is -3.01. The number of carbonyl (C=O) groups is 1. The lowest BCUT2D eigenvalue weighted by atomic mass is 10.2. The van der Waals surface area contributed by atoms with Gasteiger partial charge in [-0.15, -0.1) is 10.2 Å². The van der Waals surface area contributed by atoms with Gasteiger partial charge in [-0.05, 0) is 30.3 Å². The van der Waals surface area contributed by atoms with Crippen molar-refractivity contribution in [2.24, 2.45) is 7.05 Å². The van der Waals surface area contributed by atoms with E-state index in [1.165, 1.54) is 11.8 Å². The predicted molar refractivity (Wildman–Crippen MR) is 130 cm³/mol. The van der Waals surface area contributed by atoms with Crippen LogP contribution in [0.2, 0.25) is 5.02 Å². The number of aromatic nitrogens is 3. The molecule has 3 heterocycles. The molecule has 1 N–H and O–H groups in total. The molecule has 1 fully saturated rings. The number of carbonyl (C=O) groups excluding carboxylic acids is 1. The second-order valence-corrected chi connectivity index (χ2v) is 8.97. The summed E-state index contributed by atoms with van der Waals surface area (Å²) in [7, 11) is 1.85. The lowest BCUT2D eigenvalue weighted by molar-refractivity contribution is -0.113. The van der Waals surface area contributed by atoms with Crippen LogP contribution in [0, 0.1) is 0 Å². The zero-order valence-electron chi connectivity index (χ0n) is 18.0. The standard InChI is InChI=1S/C23H22ClN5O3S/c1-28-22(20-12-15-4-2-3-5-19(15)32-20)26-27-23(28)33-14-21(30)25-16-6-7-18(17(24)13-16)29-8-10-31-11-9-29/h2-7,12-13H,8-11,14H2,1H3,(H,25,30). The Bertz CT molecular complexity index is 1270. The van der Waals surface area contributed by atoms with Gasteiger partial charge in [0.25, 0.3) is 0 Å². The number of furan rings is 1. The number of fused-ring (bicyclic) bond motifs is 1. The lowest BCUT2D eigenvalue weighted by Crippen LogP contribution is -2.36. The number of hydrogen-bond acceptors (Lipinski definition) is 7. The van der Waals surface area contributed by atoms with Crippen LogP contribution in [-0.2, 0) is 16.6 Å². The lowest BCUT2D eigenvalue weighted by Gasteiger charge is -2.29. The van der Waals surface area contributed by atoms with Crippen LogP contribution in [0.15, 0.2) is 58.1 Å². The smallest absolute Gasteiger partial charge is 0.234 e. The molecular weight excluding hydrogens is 462 g/mol. The van der Waals surface area contributed by atoms with E-state index in [0.717, 1.165) is 29.7 Å². The third-order valence-corrected chi connectivity index (χ3v) is 6.72. The summed E-state index contributed by atoms with van der Waals surface area (Å²) < 4.78 is 13.1. The topological polar surface area (TPSA) is 85.4 Å². The molecule has 170 valence electrons. The number of benzene rings is 2. The van der Waals surface area contributed by atoms with E-state index in [9.17, 15) is 4.79 Å². The molecule has 1 aliphatic rings. The van der Waals surface area contributed by atoms with Gasteiger partial charge in [-0.25, -0.2) is 0 Å². The van der Waals surface area contributed by atoms with Crippen LogP contribution in [0.25, 0.3) is 22.6 Å². The van der Waals surface area contributed by atoms with Crippen LogP contribution in [0.5, 0.6) is 0 Å². The molecular formula is C23H22ClN5O3S. The van der Waals surface area contributed by atoms with Gasteiger partial charge >= 0.3 is 0 Å².